The molecule has 2 N–H and O–H groups in total. The van der Waals surface area contributed by atoms with Crippen LogP contribution in [0.1, 0.15) is 44.7 Å². The monoisotopic (exact) mass is 281 g/mol. The van der Waals surface area contributed by atoms with E-state index >= 15 is 0 Å². The molecule has 0 saturated carbocycles. The first-order valence-corrected chi connectivity index (χ1v) is 6.65. The van der Waals surface area contributed by atoms with Gasteiger partial charge < -0.3 is 10.4 Å². The van der Waals surface area contributed by atoms with Crippen LogP contribution in [0.2, 0.25) is 0 Å². The van der Waals surface area contributed by atoms with Gasteiger partial charge in [0.05, 0.1) is 12.5 Å². The molecule has 1 unspecified atom stereocenters. The largest absolute Gasteiger partial charge is 0.481 e. The maximum atomic E-state index is 12.9. The Bertz CT molecular complexity index is 457. The molecule has 0 aromatic heterocycles. The number of carbonyl (C=O) groups excluding carboxylic acids is 1. The third-order valence-corrected chi connectivity index (χ3v) is 2.94. The Balaban J connectivity index is 2.71. The topological polar surface area (TPSA) is 66.4 Å². The van der Waals surface area contributed by atoms with Crippen LogP contribution >= 0.6 is 0 Å². The summed E-state index contributed by atoms with van der Waals surface area (Å²) in [6.45, 7) is 4.03. The standard InChI is InChI=1S/C15H20FNO3/c1-10(2)3-8-14(18)17-13(9-15(19)20)11-4-6-12(16)7-5-11/h4-7,10,13H,3,8-9H2,1-2H3,(H,17,18)(H,19,20). The number of rotatable bonds is 7. The van der Waals surface area contributed by atoms with Crippen molar-refractivity contribution in [2.45, 2.75) is 39.2 Å². The first-order chi connectivity index (χ1) is 9.38. The van der Waals surface area contributed by atoms with Gasteiger partial charge in [0.1, 0.15) is 5.82 Å². The zero-order valence-electron chi connectivity index (χ0n) is 11.7. The first kappa shape index (κ1) is 16.1. The molecule has 0 spiro atoms. The number of halogens is 1. The Morgan fingerprint density at radius 1 is 1.25 bits per heavy atom. The average molecular weight is 281 g/mol. The van der Waals surface area contributed by atoms with Crippen molar-refractivity contribution in [2.24, 2.45) is 5.92 Å². The zero-order chi connectivity index (χ0) is 15.1. The summed E-state index contributed by atoms with van der Waals surface area (Å²) in [7, 11) is 0. The number of hydrogen-bond acceptors (Lipinski definition) is 2. The highest BCUT2D eigenvalue weighted by atomic mass is 19.1. The normalized spacial score (nSPS) is 12.2. The van der Waals surface area contributed by atoms with Crippen LogP contribution < -0.4 is 5.32 Å². The van der Waals surface area contributed by atoms with Crippen molar-refractivity contribution in [3.8, 4) is 0 Å². The van der Waals surface area contributed by atoms with Gasteiger partial charge in [0, 0.05) is 6.42 Å². The molecule has 110 valence electrons. The third kappa shape index (κ3) is 5.82. The fraction of sp³-hybridized carbons (Fsp3) is 0.467. The van der Waals surface area contributed by atoms with Crippen LogP contribution in [0.25, 0.3) is 0 Å². The van der Waals surface area contributed by atoms with E-state index < -0.39 is 17.8 Å². The second kappa shape index (κ2) is 7.62. The fourth-order valence-electron chi connectivity index (χ4n) is 1.81. The van der Waals surface area contributed by atoms with E-state index in [2.05, 4.69) is 5.32 Å². The summed E-state index contributed by atoms with van der Waals surface area (Å²) in [5, 5.41) is 11.6. The van der Waals surface area contributed by atoms with Crippen LogP contribution in [0.5, 0.6) is 0 Å². The lowest BCUT2D eigenvalue weighted by molar-refractivity contribution is -0.137. The van der Waals surface area contributed by atoms with E-state index in [4.69, 9.17) is 5.11 Å². The molecular weight excluding hydrogens is 261 g/mol. The van der Waals surface area contributed by atoms with E-state index in [0.717, 1.165) is 6.42 Å². The van der Waals surface area contributed by atoms with Crippen LogP contribution in [0, 0.1) is 11.7 Å². The Labute approximate surface area is 118 Å². The lowest BCUT2D eigenvalue weighted by atomic mass is 10.0. The summed E-state index contributed by atoms with van der Waals surface area (Å²) in [5.41, 5.74) is 0.590. The fourth-order valence-corrected chi connectivity index (χ4v) is 1.81. The molecule has 4 nitrogen and oxygen atoms in total. The smallest absolute Gasteiger partial charge is 0.305 e. The summed E-state index contributed by atoms with van der Waals surface area (Å²) in [5.74, 6) is -1.18. The zero-order valence-corrected chi connectivity index (χ0v) is 11.7. The summed E-state index contributed by atoms with van der Waals surface area (Å²) in [6.07, 6.45) is 0.878. The molecule has 1 atom stereocenters. The number of benzene rings is 1. The molecule has 0 radical (unpaired) electrons. The van der Waals surface area contributed by atoms with E-state index in [9.17, 15) is 14.0 Å². The summed E-state index contributed by atoms with van der Waals surface area (Å²) >= 11 is 0. The van der Waals surface area contributed by atoms with E-state index in [1.165, 1.54) is 24.3 Å². The van der Waals surface area contributed by atoms with Crippen molar-refractivity contribution in [2.75, 3.05) is 0 Å². The molecule has 20 heavy (non-hydrogen) atoms. The second-order valence-corrected chi connectivity index (χ2v) is 5.20. The molecule has 0 bridgehead atoms. The first-order valence-electron chi connectivity index (χ1n) is 6.65. The SMILES string of the molecule is CC(C)CCC(=O)NC(CC(=O)O)c1ccc(F)cc1. The van der Waals surface area contributed by atoms with Gasteiger partial charge in [-0.1, -0.05) is 26.0 Å². The molecule has 1 amide bonds. The Hall–Kier alpha value is -1.91. The quantitative estimate of drug-likeness (QED) is 0.807. The van der Waals surface area contributed by atoms with Gasteiger partial charge in [-0.05, 0) is 30.0 Å². The van der Waals surface area contributed by atoms with Crippen LogP contribution in [0.3, 0.4) is 0 Å². The van der Waals surface area contributed by atoms with E-state index in [1.54, 1.807) is 0 Å². The van der Waals surface area contributed by atoms with Gasteiger partial charge in [0.2, 0.25) is 5.91 Å². The molecule has 0 aliphatic carbocycles. The molecule has 1 aromatic carbocycles. The van der Waals surface area contributed by atoms with Gasteiger partial charge in [0.15, 0.2) is 0 Å². The van der Waals surface area contributed by atoms with Crippen LogP contribution in [-0.2, 0) is 9.59 Å². The summed E-state index contributed by atoms with van der Waals surface area (Å²) in [4.78, 5) is 22.7. The lowest BCUT2D eigenvalue weighted by Gasteiger charge is -2.18. The van der Waals surface area contributed by atoms with Crippen molar-refractivity contribution in [3.05, 3.63) is 35.6 Å². The van der Waals surface area contributed by atoms with Gasteiger partial charge in [-0.15, -0.1) is 0 Å². The van der Waals surface area contributed by atoms with Crippen LogP contribution in [0.15, 0.2) is 24.3 Å². The molecule has 1 aromatic rings. The number of nitrogens with one attached hydrogen (secondary N) is 1. The second-order valence-electron chi connectivity index (χ2n) is 5.20. The Kier molecular flexibility index (Phi) is 6.15. The van der Waals surface area contributed by atoms with Gasteiger partial charge in [-0.2, -0.15) is 0 Å². The molecule has 0 aliphatic rings. The number of carbonyl (C=O) groups is 2. The minimum atomic E-state index is -1.01. The highest BCUT2D eigenvalue weighted by Gasteiger charge is 2.18. The maximum Gasteiger partial charge on any atom is 0.305 e. The van der Waals surface area contributed by atoms with Crippen LogP contribution in [-0.4, -0.2) is 17.0 Å². The van der Waals surface area contributed by atoms with Crippen molar-refractivity contribution in [3.63, 3.8) is 0 Å². The van der Waals surface area contributed by atoms with Crippen molar-refractivity contribution in [1.82, 2.24) is 5.32 Å². The van der Waals surface area contributed by atoms with Crippen LogP contribution in [0.4, 0.5) is 4.39 Å². The molecular formula is C15H20FNO3. The molecule has 0 heterocycles. The maximum absolute atomic E-state index is 12.9. The van der Waals surface area contributed by atoms with Crippen molar-refractivity contribution >= 4 is 11.9 Å². The van der Waals surface area contributed by atoms with Crippen molar-refractivity contribution < 1.29 is 19.1 Å². The number of carboxylic acids is 1. The summed E-state index contributed by atoms with van der Waals surface area (Å²) < 4.78 is 12.9. The molecule has 5 heteroatoms. The van der Waals surface area contributed by atoms with E-state index in [0.29, 0.717) is 17.9 Å². The predicted molar refractivity (Wildman–Crippen MR) is 73.6 cm³/mol. The molecule has 0 fully saturated rings. The van der Waals surface area contributed by atoms with Gasteiger partial charge in [-0.3, -0.25) is 9.59 Å². The number of carboxylic acid groups (broad SMARTS) is 1. The highest BCUT2D eigenvalue weighted by Crippen LogP contribution is 2.18. The molecule has 1 rings (SSSR count). The third-order valence-electron chi connectivity index (χ3n) is 2.94. The number of amides is 1. The average Bonchev–Trinajstić information content (AvgIpc) is 2.36. The van der Waals surface area contributed by atoms with Gasteiger partial charge >= 0.3 is 5.97 Å². The van der Waals surface area contributed by atoms with Gasteiger partial charge in [-0.25, -0.2) is 4.39 Å². The summed E-state index contributed by atoms with van der Waals surface area (Å²) in [6, 6.07) is 4.86. The predicted octanol–water partition coefficient (Wildman–Crippen LogP) is 2.89. The van der Waals surface area contributed by atoms with Crippen molar-refractivity contribution in [1.29, 1.82) is 0 Å². The van der Waals surface area contributed by atoms with E-state index in [-0.39, 0.29) is 12.3 Å². The van der Waals surface area contributed by atoms with Gasteiger partial charge in [0.25, 0.3) is 0 Å². The number of aliphatic carboxylic acids is 1. The lowest BCUT2D eigenvalue weighted by Crippen LogP contribution is -2.30. The minimum Gasteiger partial charge on any atom is -0.481 e. The minimum absolute atomic E-state index is 0.186. The molecule has 0 saturated heterocycles. The Morgan fingerprint density at radius 2 is 1.85 bits per heavy atom. The Morgan fingerprint density at radius 3 is 2.35 bits per heavy atom. The van der Waals surface area contributed by atoms with E-state index in [1.807, 2.05) is 13.8 Å². The highest BCUT2D eigenvalue weighted by molar-refractivity contribution is 5.77. The molecule has 0 aliphatic heterocycles. The number of hydrogen-bond donors (Lipinski definition) is 2.